The minimum Gasteiger partial charge on any atom is -0.456 e. The highest BCUT2D eigenvalue weighted by atomic mass is 16.6. The van der Waals surface area contributed by atoms with Gasteiger partial charge in [-0.25, -0.2) is 14.4 Å². The minimum atomic E-state index is -2.35. The van der Waals surface area contributed by atoms with E-state index < -0.39 is 112 Å². The zero-order valence-electron chi connectivity index (χ0n) is 33.9. The topological polar surface area (TPSA) is 224 Å². The molecule has 1 saturated heterocycles. The van der Waals surface area contributed by atoms with Gasteiger partial charge in [-0.15, -0.1) is 0 Å². The normalized spacial score (nSPS) is 33.7. The summed E-state index contributed by atoms with van der Waals surface area (Å²) in [6, 6.07) is 14.6. The molecule has 2 aromatic carbocycles. The van der Waals surface area contributed by atoms with E-state index in [2.05, 4.69) is 5.32 Å². The maximum absolute atomic E-state index is 14.9. The number of esters is 3. The first-order chi connectivity index (χ1) is 27.0. The first kappa shape index (κ1) is 42.9. The largest absolute Gasteiger partial charge is 0.456 e. The highest BCUT2D eigenvalue weighted by Crippen LogP contribution is 2.64. The molecule has 15 heteroatoms. The molecule has 2 aromatic rings. The van der Waals surface area contributed by atoms with Gasteiger partial charge in [0.2, 0.25) is 0 Å². The molecule has 6 rings (SSSR count). The number of rotatable bonds is 8. The molecule has 2 saturated carbocycles. The smallest absolute Gasteiger partial charge is 0.408 e. The van der Waals surface area contributed by atoms with Gasteiger partial charge in [0.1, 0.15) is 35.6 Å². The minimum absolute atomic E-state index is 0.0637. The highest BCUT2D eigenvalue weighted by Gasteiger charge is 2.78. The predicted molar refractivity (Wildman–Crippen MR) is 204 cm³/mol. The van der Waals surface area contributed by atoms with E-state index in [9.17, 15) is 44.4 Å². The van der Waals surface area contributed by atoms with Gasteiger partial charge in [0, 0.05) is 25.2 Å². The number of ether oxygens (including phenoxy) is 5. The third kappa shape index (κ3) is 7.10. The second-order valence-corrected chi connectivity index (χ2v) is 17.6. The Morgan fingerprint density at radius 2 is 1.55 bits per heavy atom. The van der Waals surface area contributed by atoms with E-state index in [4.69, 9.17) is 23.7 Å². The van der Waals surface area contributed by atoms with E-state index in [1.165, 1.54) is 26.0 Å². The molecule has 0 radical (unpaired) electrons. The molecule has 0 unspecified atom stereocenters. The van der Waals surface area contributed by atoms with Gasteiger partial charge in [0.25, 0.3) is 0 Å². The van der Waals surface area contributed by atoms with Crippen molar-refractivity contribution >= 4 is 29.8 Å². The molecule has 4 aliphatic rings. The number of nitrogens with one attached hydrogen (secondary N) is 1. The Bertz CT molecular complexity index is 1980. The zero-order valence-corrected chi connectivity index (χ0v) is 33.9. The van der Waals surface area contributed by atoms with Crippen LogP contribution in [-0.4, -0.2) is 110 Å². The van der Waals surface area contributed by atoms with Gasteiger partial charge < -0.3 is 49.4 Å². The van der Waals surface area contributed by atoms with Gasteiger partial charge in [-0.2, -0.15) is 0 Å². The van der Waals surface area contributed by atoms with Crippen LogP contribution in [0.15, 0.2) is 71.8 Å². The number of Topliss-reactive ketones (excluding diaryl/α,β-unsaturated/α-hetero) is 1. The summed E-state index contributed by atoms with van der Waals surface area (Å²) in [6.07, 6.45) is -11.5. The van der Waals surface area contributed by atoms with E-state index in [0.29, 0.717) is 5.56 Å². The first-order valence-corrected chi connectivity index (χ1v) is 19.3. The number of carbonyl (C=O) groups is 5. The SMILES string of the molecule is CC(=O)O[C@@]12CO[C@@H]1C[C@H](O)[C@@]1(C)C(=O)[C@H](O)C3=C(C)[C@@H](OC(=O)[C@H](O)[C@@H](NC(=O)OC(C)(C)C)c4ccccc4)C[C@@](O)([C@@H](O[11C](=O)c4ccccc4)[C@H]21)C3(C)C. The molecule has 11 atom stereocenters. The Kier molecular flexibility index (Phi) is 11.2. The average Bonchev–Trinajstić information content (AvgIpc) is 3.14. The number of ketones is 1. The molecule has 1 heterocycles. The van der Waals surface area contributed by atoms with Gasteiger partial charge in [-0.05, 0) is 63.5 Å². The molecule has 1 aliphatic heterocycles. The van der Waals surface area contributed by atoms with Crippen LogP contribution in [0.3, 0.4) is 0 Å². The number of benzene rings is 2. The van der Waals surface area contributed by atoms with Crippen molar-refractivity contribution < 1.29 is 68.1 Å². The molecular formula is C43H53NO14. The van der Waals surface area contributed by atoms with Crippen LogP contribution < -0.4 is 5.32 Å². The lowest BCUT2D eigenvalue weighted by molar-refractivity contribution is -0.346. The molecular weight excluding hydrogens is 753 g/mol. The number of amides is 1. The van der Waals surface area contributed by atoms with Crippen molar-refractivity contribution in [3.63, 3.8) is 0 Å². The fourth-order valence-corrected chi connectivity index (χ4v) is 9.56. The maximum Gasteiger partial charge on any atom is 0.408 e. The third-order valence-electron chi connectivity index (χ3n) is 12.6. The van der Waals surface area contributed by atoms with Crippen molar-refractivity contribution in [1.29, 1.82) is 0 Å². The number of hydrogen-bond donors (Lipinski definition) is 5. The Morgan fingerprint density at radius 1 is 0.948 bits per heavy atom. The zero-order chi connectivity index (χ0) is 42.7. The molecule has 0 aromatic heterocycles. The monoisotopic (exact) mass is 806 g/mol. The maximum atomic E-state index is 14.9. The van der Waals surface area contributed by atoms with Gasteiger partial charge >= 0.3 is 24.0 Å². The summed E-state index contributed by atoms with van der Waals surface area (Å²) in [4.78, 5) is 68.9. The summed E-state index contributed by atoms with van der Waals surface area (Å²) in [7, 11) is 0. The van der Waals surface area contributed by atoms with Gasteiger partial charge in [0.05, 0.1) is 35.6 Å². The summed E-state index contributed by atoms with van der Waals surface area (Å²) in [5.74, 6) is -5.36. The van der Waals surface area contributed by atoms with Crippen molar-refractivity contribution in [3.8, 4) is 0 Å². The van der Waals surface area contributed by atoms with Crippen molar-refractivity contribution in [2.45, 2.75) is 128 Å². The Balaban J connectivity index is 1.49. The number of carbonyl (C=O) groups excluding carboxylic acids is 5. The summed E-state index contributed by atoms with van der Waals surface area (Å²) in [5, 5.41) is 51.6. The van der Waals surface area contributed by atoms with Gasteiger partial charge in [-0.3, -0.25) is 9.59 Å². The second-order valence-electron chi connectivity index (χ2n) is 17.6. The lowest BCUT2D eigenvalue weighted by Gasteiger charge is -2.67. The summed E-state index contributed by atoms with van der Waals surface area (Å²) in [6.45, 7) is 11.8. The molecule has 0 spiro atoms. The van der Waals surface area contributed by atoms with E-state index >= 15 is 0 Å². The van der Waals surface area contributed by atoms with E-state index in [-0.39, 0.29) is 29.7 Å². The number of aliphatic hydroxyl groups is 4. The highest BCUT2D eigenvalue weighted by molar-refractivity contribution is 5.94. The van der Waals surface area contributed by atoms with Crippen LogP contribution in [0.25, 0.3) is 0 Å². The molecule has 314 valence electrons. The van der Waals surface area contributed by atoms with Crippen LogP contribution in [0.5, 0.6) is 0 Å². The number of fused-ring (bicyclic) bond motifs is 5. The molecule has 3 fully saturated rings. The number of alkyl carbamates (subject to hydrolysis) is 1. The molecule has 5 N–H and O–H groups in total. The quantitative estimate of drug-likeness (QED) is 0.147. The molecule has 2 bridgehead atoms. The second kappa shape index (κ2) is 15.2. The molecule has 3 aliphatic carbocycles. The fraction of sp³-hybridized carbons (Fsp3) is 0.558. The summed E-state index contributed by atoms with van der Waals surface area (Å²) >= 11 is 0. The van der Waals surface area contributed by atoms with Crippen molar-refractivity contribution in [2.75, 3.05) is 6.61 Å². The van der Waals surface area contributed by atoms with E-state index in [1.54, 1.807) is 83.1 Å². The average molecular weight is 807 g/mol. The van der Waals surface area contributed by atoms with Gasteiger partial charge in [-0.1, -0.05) is 62.4 Å². The Morgan fingerprint density at radius 3 is 2.10 bits per heavy atom. The Hall–Kier alpha value is -4.67. The van der Waals surface area contributed by atoms with Crippen molar-refractivity contribution in [1.82, 2.24) is 5.32 Å². The van der Waals surface area contributed by atoms with Crippen LogP contribution in [0.1, 0.15) is 90.2 Å². The summed E-state index contributed by atoms with van der Waals surface area (Å²) in [5.41, 5.74) is -8.14. The number of aliphatic hydroxyl groups excluding tert-OH is 3. The summed E-state index contributed by atoms with van der Waals surface area (Å²) < 4.78 is 29.5. The fourth-order valence-electron chi connectivity index (χ4n) is 9.56. The third-order valence-corrected chi connectivity index (χ3v) is 12.6. The van der Waals surface area contributed by atoms with E-state index in [1.807, 2.05) is 0 Å². The molecule has 1 amide bonds. The Labute approximate surface area is 336 Å². The molecule has 15 nitrogen and oxygen atoms in total. The van der Waals surface area contributed by atoms with Crippen LogP contribution >= 0.6 is 0 Å². The molecule has 58 heavy (non-hydrogen) atoms. The lowest BCUT2D eigenvalue weighted by Crippen LogP contribution is -2.81. The van der Waals surface area contributed by atoms with Crippen molar-refractivity contribution in [2.24, 2.45) is 16.7 Å². The van der Waals surface area contributed by atoms with Crippen LogP contribution in [0, 0.1) is 16.7 Å². The van der Waals surface area contributed by atoms with Crippen LogP contribution in [0.2, 0.25) is 0 Å². The first-order valence-electron chi connectivity index (χ1n) is 19.3. The standard InChI is InChI=1S/C43H53NO14/c1-22-26(55-37(51)32(48)30(24-15-11-9-12-16-24)44-38(52)58-39(3,4)5)20-43(53)35(56-36(50)25-17-13-10-14-18-25)33-41(8,34(49)31(47)29(22)40(43,6)7)27(46)19-28-42(33,21-54-28)57-23(2)45/h9-18,26-28,30-33,35,46-48,53H,19-21H2,1-8H3,(H,44,52)/t26-,27-,28+,30-,31+,32+,33-,35-,41+,42-,43+/m0/s1/i36-1. The van der Waals surface area contributed by atoms with Crippen LogP contribution in [0.4, 0.5) is 4.79 Å². The lowest BCUT2D eigenvalue weighted by atomic mass is 9.44. The number of hydrogen-bond acceptors (Lipinski definition) is 14. The van der Waals surface area contributed by atoms with Crippen LogP contribution in [-0.2, 0) is 38.1 Å². The van der Waals surface area contributed by atoms with Gasteiger partial charge in [0.15, 0.2) is 17.5 Å². The predicted octanol–water partition coefficient (Wildman–Crippen LogP) is 3.26. The van der Waals surface area contributed by atoms with Crippen molar-refractivity contribution in [3.05, 3.63) is 82.9 Å². The van der Waals surface area contributed by atoms with E-state index in [0.717, 1.165) is 6.92 Å².